The highest BCUT2D eigenvalue weighted by atomic mass is 32.1. The van der Waals surface area contributed by atoms with Gasteiger partial charge in [-0.05, 0) is 50.1 Å². The Morgan fingerprint density at radius 1 is 1.14 bits per heavy atom. The van der Waals surface area contributed by atoms with E-state index in [-0.39, 0.29) is 27.9 Å². The summed E-state index contributed by atoms with van der Waals surface area (Å²) in [6.45, 7) is 9.95. The molecule has 3 aromatic rings. The molecule has 1 amide bonds. The zero-order chi connectivity index (χ0) is 31.1. The summed E-state index contributed by atoms with van der Waals surface area (Å²) in [7, 11) is 1.49. The Morgan fingerprint density at radius 3 is 2.63 bits per heavy atom. The number of Topliss-reactive ketones (excluding diaryl/α,β-unsaturated/α-hetero) is 1. The van der Waals surface area contributed by atoms with Crippen molar-refractivity contribution in [1.29, 1.82) is 0 Å². The van der Waals surface area contributed by atoms with Crippen LogP contribution in [0.5, 0.6) is 17.2 Å². The van der Waals surface area contributed by atoms with Crippen molar-refractivity contribution in [3.05, 3.63) is 82.4 Å². The summed E-state index contributed by atoms with van der Waals surface area (Å²) < 4.78 is 22.2. The lowest BCUT2D eigenvalue weighted by atomic mass is 9.95. The number of esters is 1. The molecule has 1 atom stereocenters. The molecule has 1 aromatic heterocycles. The van der Waals surface area contributed by atoms with Crippen LogP contribution in [0.25, 0.3) is 5.76 Å². The third-order valence-electron chi connectivity index (χ3n) is 6.63. The monoisotopic (exact) mass is 606 g/mol. The Kier molecular flexibility index (Phi) is 10.2. The second-order valence-electron chi connectivity index (χ2n) is 9.54. The van der Waals surface area contributed by atoms with Gasteiger partial charge in [-0.15, -0.1) is 0 Å². The first-order chi connectivity index (χ1) is 20.7. The number of benzene rings is 2. The van der Waals surface area contributed by atoms with E-state index >= 15 is 0 Å². The van der Waals surface area contributed by atoms with Crippen molar-refractivity contribution >= 4 is 39.9 Å². The Bertz CT molecular complexity index is 1560. The lowest BCUT2D eigenvalue weighted by molar-refractivity contribution is -0.132. The Hall–Kier alpha value is -4.64. The molecule has 1 fully saturated rings. The molecule has 1 aliphatic heterocycles. The third kappa shape index (κ3) is 6.56. The van der Waals surface area contributed by atoms with Gasteiger partial charge in [-0.3, -0.25) is 14.5 Å². The number of amides is 1. The number of carbonyl (C=O) groups is 3. The number of aromatic nitrogens is 1. The van der Waals surface area contributed by atoms with Gasteiger partial charge in [0.2, 0.25) is 0 Å². The normalized spacial score (nSPS) is 15.8. The molecule has 1 saturated heterocycles. The number of thiazole rings is 1. The van der Waals surface area contributed by atoms with Crippen LogP contribution in [-0.4, -0.2) is 54.7 Å². The molecule has 0 radical (unpaired) electrons. The lowest BCUT2D eigenvalue weighted by Crippen LogP contribution is -2.29. The molecule has 0 spiro atoms. The molecular weight excluding hydrogens is 572 g/mol. The van der Waals surface area contributed by atoms with Gasteiger partial charge in [0.25, 0.3) is 5.78 Å². The summed E-state index contributed by atoms with van der Waals surface area (Å²) in [6, 6.07) is 10.6. The molecule has 0 bridgehead atoms. The number of aliphatic hydroxyl groups is 1. The first kappa shape index (κ1) is 31.3. The summed E-state index contributed by atoms with van der Waals surface area (Å²) >= 11 is 0.918. The van der Waals surface area contributed by atoms with Crippen molar-refractivity contribution in [2.75, 3.05) is 31.8 Å². The number of ketones is 1. The minimum atomic E-state index is -1.10. The highest BCUT2D eigenvalue weighted by Crippen LogP contribution is 2.45. The minimum Gasteiger partial charge on any atom is -0.507 e. The predicted molar refractivity (Wildman–Crippen MR) is 163 cm³/mol. The van der Waals surface area contributed by atoms with Crippen molar-refractivity contribution in [1.82, 2.24) is 4.98 Å². The average molecular weight is 607 g/mol. The van der Waals surface area contributed by atoms with Crippen LogP contribution in [-0.2, 0) is 14.3 Å². The zero-order valence-corrected chi connectivity index (χ0v) is 25.4. The fourth-order valence-corrected chi connectivity index (χ4v) is 5.56. The third-order valence-corrected chi connectivity index (χ3v) is 7.77. The van der Waals surface area contributed by atoms with E-state index in [1.54, 1.807) is 49.4 Å². The first-order valence-corrected chi connectivity index (χ1v) is 14.7. The number of nitrogens with zero attached hydrogens (tertiary/aromatic N) is 2. The second kappa shape index (κ2) is 14.0. The lowest BCUT2D eigenvalue weighted by Gasteiger charge is -2.24. The summed E-state index contributed by atoms with van der Waals surface area (Å²) in [4.78, 5) is 45.8. The van der Waals surface area contributed by atoms with Crippen LogP contribution in [0, 0.1) is 6.92 Å². The van der Waals surface area contributed by atoms with E-state index in [2.05, 4.69) is 18.5 Å². The fraction of sp³-hybridized carbons (Fsp3) is 0.312. The maximum atomic E-state index is 13.7. The van der Waals surface area contributed by atoms with Crippen molar-refractivity contribution in [2.24, 2.45) is 0 Å². The molecule has 10 nitrogen and oxygen atoms in total. The maximum absolute atomic E-state index is 13.7. The van der Waals surface area contributed by atoms with Crippen molar-refractivity contribution in [3.8, 4) is 17.2 Å². The van der Waals surface area contributed by atoms with Gasteiger partial charge >= 0.3 is 11.9 Å². The van der Waals surface area contributed by atoms with E-state index in [0.717, 1.165) is 24.2 Å². The van der Waals surface area contributed by atoms with Gasteiger partial charge in [-0.2, -0.15) is 0 Å². The maximum Gasteiger partial charge on any atom is 0.350 e. The van der Waals surface area contributed by atoms with Gasteiger partial charge in [0.05, 0.1) is 37.6 Å². The fourth-order valence-electron chi connectivity index (χ4n) is 4.58. The SMILES string of the molecule is C=CCOC(=O)c1sc(N2C(=O)C(=O)C(=C(O)c3cccc(OCC)c3)C2c2ccc(OCCCC)c(OC)c2)nc1C. The highest BCUT2D eigenvalue weighted by molar-refractivity contribution is 7.17. The van der Waals surface area contributed by atoms with E-state index < -0.39 is 23.7 Å². The molecule has 0 saturated carbocycles. The van der Waals surface area contributed by atoms with Crippen LogP contribution < -0.4 is 19.1 Å². The molecule has 1 unspecified atom stereocenters. The topological polar surface area (TPSA) is 124 Å². The van der Waals surface area contributed by atoms with Crippen molar-refractivity contribution < 1.29 is 38.4 Å². The van der Waals surface area contributed by atoms with Gasteiger partial charge in [0, 0.05) is 5.56 Å². The Balaban J connectivity index is 1.89. The van der Waals surface area contributed by atoms with Gasteiger partial charge < -0.3 is 24.1 Å². The van der Waals surface area contributed by atoms with Crippen molar-refractivity contribution in [3.63, 3.8) is 0 Å². The quantitative estimate of drug-likeness (QED) is 0.0622. The van der Waals surface area contributed by atoms with E-state index in [9.17, 15) is 19.5 Å². The molecule has 4 rings (SSSR count). The van der Waals surface area contributed by atoms with E-state index in [0.29, 0.717) is 47.3 Å². The number of rotatable bonds is 13. The summed E-state index contributed by atoms with van der Waals surface area (Å²) in [6.07, 6.45) is 3.25. The number of hydrogen-bond acceptors (Lipinski definition) is 10. The molecule has 1 N–H and O–H groups in total. The second-order valence-corrected chi connectivity index (χ2v) is 10.5. The summed E-state index contributed by atoms with van der Waals surface area (Å²) in [5.74, 6) is -1.44. The molecule has 11 heteroatoms. The van der Waals surface area contributed by atoms with Gasteiger partial charge in [0.1, 0.15) is 23.0 Å². The number of unbranched alkanes of at least 4 members (excludes halogenated alkanes) is 1. The average Bonchev–Trinajstić information content (AvgIpc) is 3.52. The highest BCUT2D eigenvalue weighted by Gasteiger charge is 2.48. The van der Waals surface area contributed by atoms with E-state index in [1.807, 2.05) is 6.92 Å². The van der Waals surface area contributed by atoms with Crippen LogP contribution in [0.1, 0.15) is 59.2 Å². The standard InChI is InChI=1S/C32H34N2O8S/c1-6-9-16-41-23-14-13-20(18-24(23)39-5)26-25(27(35)21-11-10-12-22(17-21)40-8-3)28(36)30(37)34(26)32-33-19(4)29(43-32)31(38)42-15-7-2/h7,10-14,17-18,26,35H,2,6,8-9,15-16H2,1,3-5H3. The molecule has 2 aromatic carbocycles. The molecule has 0 aliphatic carbocycles. The number of ether oxygens (including phenoxy) is 4. The van der Waals surface area contributed by atoms with Gasteiger partial charge in [0.15, 0.2) is 16.6 Å². The van der Waals surface area contributed by atoms with Crippen LogP contribution in [0.15, 0.2) is 60.7 Å². The minimum absolute atomic E-state index is 0.00327. The number of methoxy groups -OCH3 is 1. The van der Waals surface area contributed by atoms with Crippen molar-refractivity contribution in [2.45, 2.75) is 39.7 Å². The van der Waals surface area contributed by atoms with Gasteiger partial charge in [-0.25, -0.2) is 9.78 Å². The molecular formula is C32H34N2O8S. The number of aliphatic hydroxyl groups excluding tert-OH is 1. The van der Waals surface area contributed by atoms with Crippen LogP contribution in [0.3, 0.4) is 0 Å². The largest absolute Gasteiger partial charge is 0.507 e. The number of hydrogen-bond donors (Lipinski definition) is 1. The molecule has 43 heavy (non-hydrogen) atoms. The van der Waals surface area contributed by atoms with Crippen LogP contribution in [0.4, 0.5) is 5.13 Å². The van der Waals surface area contributed by atoms with E-state index in [4.69, 9.17) is 18.9 Å². The Morgan fingerprint density at radius 2 is 1.93 bits per heavy atom. The summed E-state index contributed by atoms with van der Waals surface area (Å²) in [5, 5.41) is 11.6. The number of aryl methyl sites for hydroxylation is 1. The van der Waals surface area contributed by atoms with Crippen LogP contribution >= 0.6 is 11.3 Å². The molecule has 2 heterocycles. The summed E-state index contributed by atoms with van der Waals surface area (Å²) in [5.41, 5.74) is 0.940. The van der Waals surface area contributed by atoms with Crippen LogP contribution in [0.2, 0.25) is 0 Å². The number of carbonyl (C=O) groups excluding carboxylic acids is 3. The Labute approximate surface area is 254 Å². The van der Waals surface area contributed by atoms with Gasteiger partial charge in [-0.1, -0.05) is 55.5 Å². The smallest absolute Gasteiger partial charge is 0.350 e. The zero-order valence-electron chi connectivity index (χ0n) is 24.5. The molecule has 226 valence electrons. The molecule has 1 aliphatic rings. The first-order valence-electron chi connectivity index (χ1n) is 13.9. The number of anilines is 1. The predicted octanol–water partition coefficient (Wildman–Crippen LogP) is 6.01. The van der Waals surface area contributed by atoms with E-state index in [1.165, 1.54) is 18.1 Å².